The second-order valence-corrected chi connectivity index (χ2v) is 7.15. The Bertz CT molecular complexity index is 455. The standard InChI is InChI=1S/C9H15N3O2S2/c10-9-11-8(7-15-9)6-12-2-1-4-16(13,14)5-3-12/h7H,1-6H2,(H2,10,11). The zero-order valence-corrected chi connectivity index (χ0v) is 10.6. The van der Waals surface area contributed by atoms with E-state index in [-0.39, 0.29) is 5.75 Å². The molecule has 16 heavy (non-hydrogen) atoms. The predicted octanol–water partition coefficient (Wildman–Crippen LogP) is 0.346. The summed E-state index contributed by atoms with van der Waals surface area (Å²) >= 11 is 1.42. The molecule has 1 fully saturated rings. The molecule has 0 unspecified atom stereocenters. The SMILES string of the molecule is Nc1nc(CN2CCCS(=O)(=O)CC2)cs1. The Balaban J connectivity index is 1.96. The second kappa shape index (κ2) is 4.68. The minimum Gasteiger partial charge on any atom is -0.375 e. The van der Waals surface area contributed by atoms with Crippen LogP contribution in [0, 0.1) is 0 Å². The van der Waals surface area contributed by atoms with Gasteiger partial charge in [-0.15, -0.1) is 11.3 Å². The Kier molecular flexibility index (Phi) is 3.46. The molecule has 7 heteroatoms. The third kappa shape index (κ3) is 3.16. The molecule has 1 aliphatic heterocycles. The Labute approximate surface area is 99.2 Å². The van der Waals surface area contributed by atoms with Gasteiger partial charge in [0.15, 0.2) is 15.0 Å². The van der Waals surface area contributed by atoms with Gasteiger partial charge in [-0.1, -0.05) is 0 Å². The van der Waals surface area contributed by atoms with Gasteiger partial charge in [-0.3, -0.25) is 4.90 Å². The fraction of sp³-hybridized carbons (Fsp3) is 0.667. The Hall–Kier alpha value is -0.660. The third-order valence-corrected chi connectivity index (χ3v) is 5.04. The number of rotatable bonds is 2. The van der Waals surface area contributed by atoms with Crippen molar-refractivity contribution in [3.05, 3.63) is 11.1 Å². The van der Waals surface area contributed by atoms with Gasteiger partial charge in [-0.05, 0) is 13.0 Å². The van der Waals surface area contributed by atoms with Crippen LogP contribution < -0.4 is 5.73 Å². The van der Waals surface area contributed by atoms with E-state index in [9.17, 15) is 8.42 Å². The molecule has 5 nitrogen and oxygen atoms in total. The number of nitrogens with zero attached hydrogens (tertiary/aromatic N) is 2. The molecule has 2 rings (SSSR count). The summed E-state index contributed by atoms with van der Waals surface area (Å²) in [6.07, 6.45) is 0.710. The maximum absolute atomic E-state index is 11.4. The molecule has 0 saturated carbocycles. The molecule has 1 aromatic heterocycles. The molecule has 2 N–H and O–H groups in total. The van der Waals surface area contributed by atoms with Crippen molar-refractivity contribution in [1.29, 1.82) is 0 Å². The average molecular weight is 261 g/mol. The Morgan fingerprint density at radius 1 is 1.44 bits per heavy atom. The van der Waals surface area contributed by atoms with Crippen molar-refractivity contribution in [1.82, 2.24) is 9.88 Å². The first-order chi connectivity index (χ1) is 7.55. The number of aromatic nitrogens is 1. The maximum Gasteiger partial charge on any atom is 0.180 e. The van der Waals surface area contributed by atoms with Crippen molar-refractivity contribution >= 4 is 26.3 Å². The topological polar surface area (TPSA) is 76.3 Å². The van der Waals surface area contributed by atoms with E-state index in [1.54, 1.807) is 0 Å². The van der Waals surface area contributed by atoms with Gasteiger partial charge in [0.1, 0.15) is 0 Å². The highest BCUT2D eigenvalue weighted by atomic mass is 32.2. The van der Waals surface area contributed by atoms with Crippen LogP contribution in [0.1, 0.15) is 12.1 Å². The lowest BCUT2D eigenvalue weighted by molar-refractivity contribution is 0.284. The van der Waals surface area contributed by atoms with Crippen molar-refractivity contribution in [2.24, 2.45) is 0 Å². The lowest BCUT2D eigenvalue weighted by Crippen LogP contribution is -2.26. The summed E-state index contributed by atoms with van der Waals surface area (Å²) in [6.45, 7) is 2.11. The van der Waals surface area contributed by atoms with Gasteiger partial charge in [-0.25, -0.2) is 13.4 Å². The predicted molar refractivity (Wildman–Crippen MR) is 65.1 cm³/mol. The van der Waals surface area contributed by atoms with Crippen LogP contribution in [0.25, 0.3) is 0 Å². The summed E-state index contributed by atoms with van der Waals surface area (Å²) in [6, 6.07) is 0. The lowest BCUT2D eigenvalue weighted by Gasteiger charge is -2.17. The van der Waals surface area contributed by atoms with E-state index < -0.39 is 9.84 Å². The van der Waals surface area contributed by atoms with E-state index in [4.69, 9.17) is 5.73 Å². The molecule has 0 amide bonds. The van der Waals surface area contributed by atoms with E-state index in [0.29, 0.717) is 30.4 Å². The minimum atomic E-state index is -2.82. The van der Waals surface area contributed by atoms with Gasteiger partial charge >= 0.3 is 0 Å². The number of sulfone groups is 1. The van der Waals surface area contributed by atoms with Gasteiger partial charge in [0, 0.05) is 18.5 Å². The van der Waals surface area contributed by atoms with E-state index in [0.717, 1.165) is 12.2 Å². The molecule has 1 saturated heterocycles. The summed E-state index contributed by atoms with van der Waals surface area (Å²) < 4.78 is 22.8. The summed E-state index contributed by atoms with van der Waals surface area (Å²) in [5.41, 5.74) is 6.48. The second-order valence-electron chi connectivity index (χ2n) is 3.96. The molecule has 0 aromatic carbocycles. The van der Waals surface area contributed by atoms with Gasteiger partial charge in [0.25, 0.3) is 0 Å². The summed E-state index contributed by atoms with van der Waals surface area (Å²) in [7, 11) is -2.82. The number of nitrogen functional groups attached to an aromatic ring is 1. The molecule has 0 aliphatic carbocycles. The highest BCUT2D eigenvalue weighted by Crippen LogP contribution is 2.14. The highest BCUT2D eigenvalue weighted by Gasteiger charge is 2.19. The molecule has 90 valence electrons. The molecular formula is C9H15N3O2S2. The molecule has 1 aromatic rings. The molecule has 0 spiro atoms. The largest absolute Gasteiger partial charge is 0.375 e. The summed E-state index contributed by atoms with van der Waals surface area (Å²) in [5.74, 6) is 0.565. The van der Waals surface area contributed by atoms with Crippen molar-refractivity contribution < 1.29 is 8.42 Å². The first kappa shape index (κ1) is 11.8. The fourth-order valence-corrected chi connectivity index (χ4v) is 3.64. The van der Waals surface area contributed by atoms with Crippen LogP contribution in [0.2, 0.25) is 0 Å². The van der Waals surface area contributed by atoms with Gasteiger partial charge in [0.05, 0.1) is 17.2 Å². The molecule has 0 bridgehead atoms. The van der Waals surface area contributed by atoms with Crippen LogP contribution in [-0.2, 0) is 16.4 Å². The molecule has 2 heterocycles. The van der Waals surface area contributed by atoms with E-state index >= 15 is 0 Å². The number of nitrogens with two attached hydrogens (primary N) is 1. The molecule has 0 radical (unpaired) electrons. The van der Waals surface area contributed by atoms with E-state index in [1.165, 1.54) is 11.3 Å². The quantitative estimate of drug-likeness (QED) is 0.831. The van der Waals surface area contributed by atoms with Crippen molar-refractivity contribution in [3.8, 4) is 0 Å². The van der Waals surface area contributed by atoms with Gasteiger partial charge < -0.3 is 5.73 Å². The van der Waals surface area contributed by atoms with Crippen LogP contribution >= 0.6 is 11.3 Å². The fourth-order valence-electron chi connectivity index (χ4n) is 1.77. The van der Waals surface area contributed by atoms with Gasteiger partial charge in [0.2, 0.25) is 0 Å². The maximum atomic E-state index is 11.4. The highest BCUT2D eigenvalue weighted by molar-refractivity contribution is 7.91. The Morgan fingerprint density at radius 3 is 2.94 bits per heavy atom. The summed E-state index contributed by atoms with van der Waals surface area (Å²) in [4.78, 5) is 6.30. The first-order valence-corrected chi connectivity index (χ1v) is 7.88. The van der Waals surface area contributed by atoms with Crippen molar-refractivity contribution in [3.63, 3.8) is 0 Å². The molecule has 0 atom stereocenters. The van der Waals surface area contributed by atoms with Crippen LogP contribution in [0.15, 0.2) is 5.38 Å². The van der Waals surface area contributed by atoms with Gasteiger partial charge in [-0.2, -0.15) is 0 Å². The zero-order valence-electron chi connectivity index (χ0n) is 8.92. The zero-order chi connectivity index (χ0) is 11.6. The average Bonchev–Trinajstić information content (AvgIpc) is 2.52. The van der Waals surface area contributed by atoms with E-state index in [2.05, 4.69) is 9.88 Å². The normalized spacial score (nSPS) is 21.8. The monoisotopic (exact) mass is 261 g/mol. The van der Waals surface area contributed by atoms with Crippen LogP contribution in [-0.4, -0.2) is 42.9 Å². The smallest absolute Gasteiger partial charge is 0.180 e. The van der Waals surface area contributed by atoms with Crippen molar-refractivity contribution in [2.45, 2.75) is 13.0 Å². The van der Waals surface area contributed by atoms with Crippen LogP contribution in [0.4, 0.5) is 5.13 Å². The number of anilines is 1. The first-order valence-electron chi connectivity index (χ1n) is 5.18. The third-order valence-electron chi connectivity index (χ3n) is 2.60. The van der Waals surface area contributed by atoms with Crippen LogP contribution in [0.3, 0.4) is 0 Å². The van der Waals surface area contributed by atoms with Crippen LogP contribution in [0.5, 0.6) is 0 Å². The number of thiazole rings is 1. The minimum absolute atomic E-state index is 0.257. The lowest BCUT2D eigenvalue weighted by atomic mass is 10.3. The van der Waals surface area contributed by atoms with Crippen molar-refractivity contribution in [2.75, 3.05) is 30.3 Å². The number of hydrogen-bond donors (Lipinski definition) is 1. The summed E-state index contributed by atoms with van der Waals surface area (Å²) in [5, 5.41) is 2.49. The van der Waals surface area contributed by atoms with E-state index in [1.807, 2.05) is 5.38 Å². The number of hydrogen-bond acceptors (Lipinski definition) is 6. The Morgan fingerprint density at radius 2 is 2.25 bits per heavy atom. The molecular weight excluding hydrogens is 246 g/mol. The molecule has 1 aliphatic rings.